The van der Waals surface area contributed by atoms with Gasteiger partial charge in [0, 0.05) is 28.5 Å². The molecule has 3 rings (SSSR count). The summed E-state index contributed by atoms with van der Waals surface area (Å²) in [6.07, 6.45) is 0.872. The van der Waals surface area contributed by atoms with E-state index >= 15 is 0 Å². The van der Waals surface area contributed by atoms with E-state index in [0.29, 0.717) is 0 Å². The van der Waals surface area contributed by atoms with E-state index in [0.717, 1.165) is 25.2 Å². The van der Waals surface area contributed by atoms with Crippen molar-refractivity contribution < 1.29 is 4.79 Å². The molecule has 0 saturated carbocycles. The maximum absolute atomic E-state index is 12.5. The number of rotatable bonds is 4. The molecule has 1 unspecified atom stereocenters. The number of hydrogen-bond acceptors (Lipinski definition) is 3. The van der Waals surface area contributed by atoms with Crippen molar-refractivity contribution in [1.29, 1.82) is 0 Å². The first-order valence-electron chi connectivity index (χ1n) is 7.30. The standard InChI is InChI=1S/C17H20N2OS/c1-12-3-6-14(7-4-12)19-10-9-16(17(19)20)18-11-15-8-5-13(2)21-15/h3-8,16,18H,9-11H2,1-2H3. The Morgan fingerprint density at radius 2 is 1.95 bits per heavy atom. The van der Waals surface area contributed by atoms with Gasteiger partial charge in [0.25, 0.3) is 0 Å². The first-order valence-corrected chi connectivity index (χ1v) is 8.12. The van der Waals surface area contributed by atoms with Crippen molar-refractivity contribution in [3.8, 4) is 0 Å². The van der Waals surface area contributed by atoms with Crippen molar-refractivity contribution in [2.45, 2.75) is 32.9 Å². The molecule has 1 fully saturated rings. The Labute approximate surface area is 129 Å². The van der Waals surface area contributed by atoms with E-state index in [-0.39, 0.29) is 11.9 Å². The van der Waals surface area contributed by atoms with Crippen molar-refractivity contribution in [2.24, 2.45) is 0 Å². The molecule has 1 aromatic carbocycles. The number of carbonyl (C=O) groups is 1. The van der Waals surface area contributed by atoms with Crippen molar-refractivity contribution in [2.75, 3.05) is 11.4 Å². The van der Waals surface area contributed by atoms with Crippen molar-refractivity contribution in [3.05, 3.63) is 51.7 Å². The smallest absolute Gasteiger partial charge is 0.244 e. The topological polar surface area (TPSA) is 32.3 Å². The third kappa shape index (κ3) is 3.17. The van der Waals surface area contributed by atoms with E-state index in [1.54, 1.807) is 11.3 Å². The van der Waals surface area contributed by atoms with E-state index in [9.17, 15) is 4.79 Å². The van der Waals surface area contributed by atoms with Crippen LogP contribution in [0.4, 0.5) is 5.69 Å². The van der Waals surface area contributed by atoms with Crippen LogP contribution < -0.4 is 10.2 Å². The molecule has 4 heteroatoms. The molecule has 3 nitrogen and oxygen atoms in total. The fraction of sp³-hybridized carbons (Fsp3) is 0.353. The average molecular weight is 300 g/mol. The summed E-state index contributed by atoms with van der Waals surface area (Å²) >= 11 is 1.78. The van der Waals surface area contributed by atoms with E-state index < -0.39 is 0 Å². The first kappa shape index (κ1) is 14.3. The number of anilines is 1. The third-order valence-electron chi connectivity index (χ3n) is 3.87. The van der Waals surface area contributed by atoms with Crippen LogP contribution in [0.1, 0.15) is 21.7 Å². The fourth-order valence-corrected chi connectivity index (χ4v) is 3.50. The largest absolute Gasteiger partial charge is 0.311 e. The number of carbonyl (C=O) groups excluding carboxylic acids is 1. The zero-order valence-corrected chi connectivity index (χ0v) is 13.2. The van der Waals surface area contributed by atoms with Crippen LogP contribution in [0.15, 0.2) is 36.4 Å². The Bertz CT molecular complexity index is 632. The highest BCUT2D eigenvalue weighted by Gasteiger charge is 2.31. The summed E-state index contributed by atoms with van der Waals surface area (Å²) in [6.45, 7) is 5.73. The van der Waals surface area contributed by atoms with Gasteiger partial charge in [0.05, 0.1) is 6.04 Å². The van der Waals surface area contributed by atoms with Crippen molar-refractivity contribution >= 4 is 22.9 Å². The summed E-state index contributed by atoms with van der Waals surface area (Å²) in [6, 6.07) is 12.3. The minimum atomic E-state index is -0.0614. The van der Waals surface area contributed by atoms with Gasteiger partial charge >= 0.3 is 0 Å². The minimum absolute atomic E-state index is 0.0614. The van der Waals surface area contributed by atoms with Gasteiger partial charge < -0.3 is 10.2 Å². The monoisotopic (exact) mass is 300 g/mol. The zero-order chi connectivity index (χ0) is 14.8. The van der Waals surface area contributed by atoms with E-state index in [4.69, 9.17) is 0 Å². The Balaban J connectivity index is 1.62. The van der Waals surface area contributed by atoms with Crippen LogP contribution >= 0.6 is 11.3 Å². The molecule has 2 aromatic rings. The highest BCUT2D eigenvalue weighted by atomic mass is 32.1. The lowest BCUT2D eigenvalue weighted by atomic mass is 10.2. The summed E-state index contributed by atoms with van der Waals surface area (Å²) in [5, 5.41) is 3.39. The van der Waals surface area contributed by atoms with Gasteiger partial charge in [-0.25, -0.2) is 0 Å². The van der Waals surface area contributed by atoms with Crippen LogP contribution in [0.5, 0.6) is 0 Å². The maximum Gasteiger partial charge on any atom is 0.244 e. The van der Waals surface area contributed by atoms with Crippen LogP contribution in [0.25, 0.3) is 0 Å². The normalized spacial score (nSPS) is 18.5. The molecule has 1 amide bonds. The molecule has 1 saturated heterocycles. The lowest BCUT2D eigenvalue weighted by molar-refractivity contribution is -0.118. The Morgan fingerprint density at radius 3 is 2.62 bits per heavy atom. The number of aryl methyl sites for hydroxylation is 2. The van der Waals surface area contributed by atoms with Gasteiger partial charge in [-0.2, -0.15) is 0 Å². The summed E-state index contributed by atoms with van der Waals surface area (Å²) in [5.41, 5.74) is 2.22. The molecule has 0 radical (unpaired) electrons. The Hall–Kier alpha value is -1.65. The van der Waals surface area contributed by atoms with Gasteiger partial charge in [0.15, 0.2) is 0 Å². The van der Waals surface area contributed by atoms with Crippen LogP contribution in [-0.2, 0) is 11.3 Å². The predicted molar refractivity (Wildman–Crippen MR) is 87.8 cm³/mol. The molecule has 1 N–H and O–H groups in total. The van der Waals surface area contributed by atoms with Gasteiger partial charge in [0.2, 0.25) is 5.91 Å². The highest BCUT2D eigenvalue weighted by Crippen LogP contribution is 2.22. The second-order valence-corrected chi connectivity index (χ2v) is 6.93. The zero-order valence-electron chi connectivity index (χ0n) is 12.4. The summed E-state index contributed by atoms with van der Waals surface area (Å²) < 4.78 is 0. The van der Waals surface area contributed by atoms with Crippen LogP contribution in [0.3, 0.4) is 0 Å². The lowest BCUT2D eigenvalue weighted by Gasteiger charge is -2.17. The number of benzene rings is 1. The lowest BCUT2D eigenvalue weighted by Crippen LogP contribution is -2.37. The Kier molecular flexibility index (Phi) is 4.08. The molecular weight excluding hydrogens is 280 g/mol. The molecule has 1 aliphatic heterocycles. The van der Waals surface area contributed by atoms with Crippen LogP contribution in [0, 0.1) is 13.8 Å². The minimum Gasteiger partial charge on any atom is -0.311 e. The molecule has 21 heavy (non-hydrogen) atoms. The second-order valence-electron chi connectivity index (χ2n) is 5.56. The number of amides is 1. The molecule has 1 atom stereocenters. The summed E-state index contributed by atoms with van der Waals surface area (Å²) in [7, 11) is 0. The SMILES string of the molecule is Cc1ccc(N2CCC(NCc3ccc(C)s3)C2=O)cc1. The van der Waals surface area contributed by atoms with Gasteiger partial charge in [-0.05, 0) is 44.5 Å². The maximum atomic E-state index is 12.5. The Morgan fingerprint density at radius 1 is 1.19 bits per heavy atom. The number of nitrogens with zero attached hydrogens (tertiary/aromatic N) is 1. The van der Waals surface area contributed by atoms with E-state index in [1.807, 2.05) is 17.0 Å². The second kappa shape index (κ2) is 6.00. The van der Waals surface area contributed by atoms with Crippen LogP contribution in [-0.4, -0.2) is 18.5 Å². The van der Waals surface area contributed by atoms with Crippen molar-refractivity contribution in [3.63, 3.8) is 0 Å². The average Bonchev–Trinajstić information content (AvgIpc) is 3.04. The molecule has 0 spiro atoms. The van der Waals surface area contributed by atoms with Gasteiger partial charge in [0.1, 0.15) is 0 Å². The van der Waals surface area contributed by atoms with Crippen LogP contribution in [0.2, 0.25) is 0 Å². The highest BCUT2D eigenvalue weighted by molar-refractivity contribution is 7.11. The molecule has 2 heterocycles. The molecule has 110 valence electrons. The molecule has 0 aliphatic carbocycles. The fourth-order valence-electron chi connectivity index (χ4n) is 2.65. The predicted octanol–water partition coefficient (Wildman–Crippen LogP) is 3.26. The number of hydrogen-bond donors (Lipinski definition) is 1. The van der Waals surface area contributed by atoms with E-state index in [2.05, 4.69) is 43.4 Å². The summed E-state index contributed by atoms with van der Waals surface area (Å²) in [4.78, 5) is 17.0. The quantitative estimate of drug-likeness (QED) is 0.940. The van der Waals surface area contributed by atoms with Gasteiger partial charge in [-0.15, -0.1) is 11.3 Å². The third-order valence-corrected chi connectivity index (χ3v) is 4.87. The van der Waals surface area contributed by atoms with Gasteiger partial charge in [-0.3, -0.25) is 4.79 Å². The molecule has 1 aromatic heterocycles. The molecule has 0 bridgehead atoms. The van der Waals surface area contributed by atoms with E-state index in [1.165, 1.54) is 15.3 Å². The first-order chi connectivity index (χ1) is 10.1. The number of thiophene rings is 1. The summed E-state index contributed by atoms with van der Waals surface area (Å²) in [5.74, 6) is 0.187. The molecule has 1 aliphatic rings. The number of nitrogens with one attached hydrogen (secondary N) is 1. The van der Waals surface area contributed by atoms with Gasteiger partial charge in [-0.1, -0.05) is 17.7 Å². The molecular formula is C17H20N2OS. The van der Waals surface area contributed by atoms with Crippen molar-refractivity contribution in [1.82, 2.24) is 5.32 Å².